The Morgan fingerprint density at radius 2 is 2.18 bits per heavy atom. The number of rotatable bonds is 3. The third-order valence-corrected chi connectivity index (χ3v) is 5.86. The molecule has 0 bridgehead atoms. The highest BCUT2D eigenvalue weighted by Gasteiger charge is 2.22. The molecule has 0 aliphatic carbocycles. The number of nitriles is 1. The molecule has 0 radical (unpaired) electrons. The Balaban J connectivity index is 2.11. The summed E-state index contributed by atoms with van der Waals surface area (Å²) in [4.78, 5) is 9.74. The molecule has 1 aliphatic rings. The fourth-order valence-corrected chi connectivity index (χ4v) is 3.96. The summed E-state index contributed by atoms with van der Waals surface area (Å²) < 4.78 is 35.5. The van der Waals surface area contributed by atoms with Crippen molar-refractivity contribution < 1.29 is 13.5 Å². The molecule has 0 spiro atoms. The summed E-state index contributed by atoms with van der Waals surface area (Å²) in [5, 5.41) is 9.03. The van der Waals surface area contributed by atoms with E-state index in [-0.39, 0.29) is 22.9 Å². The molecule has 1 aromatic carbocycles. The summed E-state index contributed by atoms with van der Waals surface area (Å²) in [6.45, 7) is 7.63. The summed E-state index contributed by atoms with van der Waals surface area (Å²) in [5.74, 6) is -1.45. The monoisotopic (exact) mass is 404 g/mol. The van der Waals surface area contributed by atoms with Crippen LogP contribution in [0.5, 0.6) is 0 Å². The lowest BCUT2D eigenvalue weighted by Crippen LogP contribution is -2.24. The van der Waals surface area contributed by atoms with E-state index < -0.39 is 11.6 Å². The van der Waals surface area contributed by atoms with Gasteiger partial charge in [0, 0.05) is 17.7 Å². The van der Waals surface area contributed by atoms with Gasteiger partial charge >= 0.3 is 0 Å². The largest absolute Gasteiger partial charge is 0.376 e. The van der Waals surface area contributed by atoms with Crippen LogP contribution >= 0.6 is 11.3 Å². The summed E-state index contributed by atoms with van der Waals surface area (Å²) >= 11 is 1.44. The Morgan fingerprint density at radius 1 is 1.39 bits per heavy atom. The molecule has 1 fully saturated rings. The lowest BCUT2D eigenvalue weighted by Gasteiger charge is -2.15. The molecule has 2 aromatic rings. The van der Waals surface area contributed by atoms with Crippen molar-refractivity contribution in [3.63, 3.8) is 0 Å². The zero-order valence-corrected chi connectivity index (χ0v) is 16.9. The number of benzene rings is 1. The number of halogens is 2. The van der Waals surface area contributed by atoms with Crippen molar-refractivity contribution >= 4 is 17.2 Å². The van der Waals surface area contributed by atoms with Gasteiger partial charge in [-0.1, -0.05) is 20.8 Å². The van der Waals surface area contributed by atoms with Crippen molar-refractivity contribution in [2.45, 2.75) is 51.7 Å². The highest BCUT2D eigenvalue weighted by atomic mass is 32.1. The maximum atomic E-state index is 14.2. The third-order valence-electron chi connectivity index (χ3n) is 4.41. The first-order chi connectivity index (χ1) is 13.3. The first kappa shape index (κ1) is 20.4. The molecular formula is C20H22F2N4OS. The van der Waals surface area contributed by atoms with E-state index in [9.17, 15) is 8.78 Å². The van der Waals surface area contributed by atoms with Crippen LogP contribution in [-0.4, -0.2) is 23.1 Å². The number of hydrogen-bond acceptors (Lipinski definition) is 4. The number of aliphatic imine (C=N–C) groups is 1. The van der Waals surface area contributed by atoms with E-state index in [0.29, 0.717) is 11.3 Å². The summed E-state index contributed by atoms with van der Waals surface area (Å²) in [7, 11) is 0. The number of ether oxygens (including phenoxy) is 1. The Kier molecular flexibility index (Phi) is 6.06. The normalized spacial score (nSPS) is 18.5. The molecule has 1 aliphatic heterocycles. The predicted octanol–water partition coefficient (Wildman–Crippen LogP) is 4.13. The van der Waals surface area contributed by atoms with Gasteiger partial charge in [-0.15, -0.1) is 11.3 Å². The first-order valence-corrected chi connectivity index (χ1v) is 9.89. The van der Waals surface area contributed by atoms with Crippen LogP contribution in [0.2, 0.25) is 0 Å². The van der Waals surface area contributed by atoms with E-state index in [0.717, 1.165) is 42.5 Å². The zero-order valence-electron chi connectivity index (χ0n) is 16.1. The van der Waals surface area contributed by atoms with Gasteiger partial charge in [-0.25, -0.2) is 8.78 Å². The summed E-state index contributed by atoms with van der Waals surface area (Å²) in [6, 6.07) is 3.02. The molecule has 1 aromatic heterocycles. The van der Waals surface area contributed by atoms with Crippen molar-refractivity contribution in [1.82, 2.24) is 4.57 Å². The molecule has 1 saturated heterocycles. The summed E-state index contributed by atoms with van der Waals surface area (Å²) in [6.07, 6.45) is 5.72. The van der Waals surface area contributed by atoms with Crippen LogP contribution < -0.4 is 4.80 Å². The first-order valence-electron chi connectivity index (χ1n) is 9.07. The fourth-order valence-electron chi connectivity index (χ4n) is 2.90. The van der Waals surface area contributed by atoms with Gasteiger partial charge in [-0.05, 0) is 36.5 Å². The molecule has 3 rings (SSSR count). The van der Waals surface area contributed by atoms with E-state index in [1.807, 2.05) is 10.8 Å². The average Bonchev–Trinajstić information content (AvgIpc) is 3.27. The second kappa shape index (κ2) is 8.33. The molecule has 5 nitrogen and oxygen atoms in total. The molecule has 28 heavy (non-hydrogen) atoms. The molecule has 0 saturated carbocycles. The van der Waals surface area contributed by atoms with Gasteiger partial charge in [0.05, 0.1) is 18.2 Å². The van der Waals surface area contributed by atoms with Crippen LogP contribution in [-0.2, 0) is 16.7 Å². The number of thiazole rings is 1. The van der Waals surface area contributed by atoms with Crippen molar-refractivity contribution in [2.75, 3.05) is 6.61 Å². The average molecular weight is 404 g/mol. The van der Waals surface area contributed by atoms with Crippen molar-refractivity contribution in [1.29, 1.82) is 5.26 Å². The molecular weight excluding hydrogens is 382 g/mol. The van der Waals surface area contributed by atoms with E-state index in [4.69, 9.17) is 10.00 Å². The van der Waals surface area contributed by atoms with Gasteiger partial charge in [0.2, 0.25) is 6.19 Å². The molecule has 1 atom stereocenters. The van der Waals surface area contributed by atoms with E-state index in [1.54, 1.807) is 6.19 Å². The van der Waals surface area contributed by atoms with Crippen LogP contribution in [0.4, 0.5) is 8.78 Å². The Labute approximate surface area is 166 Å². The Hall–Kier alpha value is -2.37. The molecule has 2 heterocycles. The number of aromatic nitrogens is 1. The van der Waals surface area contributed by atoms with Gasteiger partial charge in [0.1, 0.15) is 11.6 Å². The fraction of sp³-hybridized carbons (Fsp3) is 0.450. The van der Waals surface area contributed by atoms with Crippen molar-refractivity contribution in [2.24, 2.45) is 9.98 Å². The second-order valence-corrected chi connectivity index (χ2v) is 8.70. The van der Waals surface area contributed by atoms with E-state index >= 15 is 0 Å². The molecule has 0 N–H and O–H groups in total. The van der Waals surface area contributed by atoms with Crippen LogP contribution in [0.3, 0.4) is 0 Å². The second-order valence-electron chi connectivity index (χ2n) is 7.69. The van der Waals surface area contributed by atoms with Crippen LogP contribution in [0.1, 0.15) is 44.1 Å². The smallest absolute Gasteiger partial charge is 0.207 e. The van der Waals surface area contributed by atoms with Crippen molar-refractivity contribution in [3.8, 4) is 6.19 Å². The van der Waals surface area contributed by atoms with Gasteiger partial charge in [0.15, 0.2) is 10.6 Å². The highest BCUT2D eigenvalue weighted by Crippen LogP contribution is 2.25. The Morgan fingerprint density at radius 3 is 2.82 bits per heavy atom. The minimum Gasteiger partial charge on any atom is -0.376 e. The van der Waals surface area contributed by atoms with Crippen LogP contribution in [0, 0.1) is 23.1 Å². The zero-order chi connectivity index (χ0) is 20.3. The minimum atomic E-state index is -0.683. The minimum absolute atomic E-state index is 0.0867. The standard InChI is InChI=1S/C20H22F2N4OS/c1-20(2,3)17-11-26(10-14-5-4-8-27-14)19(28-17)25-18(24-12-23)15-9-13(21)6-7-16(15)22/h6-7,9,11,14H,4-5,8,10H2,1-3H3/t14-/m1/s1. The van der Waals surface area contributed by atoms with Gasteiger partial charge < -0.3 is 9.30 Å². The molecule has 0 amide bonds. The van der Waals surface area contributed by atoms with Gasteiger partial charge in [-0.2, -0.15) is 15.2 Å². The SMILES string of the molecule is CC(C)(C)c1cn(C[C@H]2CCCO2)c(=NC(=NC#N)c2cc(F)ccc2F)s1. The molecule has 0 unspecified atom stereocenters. The molecule has 148 valence electrons. The van der Waals surface area contributed by atoms with Crippen LogP contribution in [0.15, 0.2) is 34.4 Å². The third kappa shape index (κ3) is 4.72. The molecule has 8 heteroatoms. The van der Waals surface area contributed by atoms with Crippen molar-refractivity contribution in [3.05, 3.63) is 51.3 Å². The highest BCUT2D eigenvalue weighted by molar-refractivity contribution is 7.09. The van der Waals surface area contributed by atoms with Gasteiger partial charge in [-0.3, -0.25) is 0 Å². The van der Waals surface area contributed by atoms with Crippen LogP contribution in [0.25, 0.3) is 0 Å². The lowest BCUT2D eigenvalue weighted by atomic mass is 9.95. The van der Waals surface area contributed by atoms with E-state index in [2.05, 4.69) is 30.8 Å². The Bertz CT molecular complexity index is 989. The maximum absolute atomic E-state index is 14.2. The van der Waals surface area contributed by atoms with E-state index in [1.165, 1.54) is 11.3 Å². The quantitative estimate of drug-likeness (QED) is 0.439. The maximum Gasteiger partial charge on any atom is 0.207 e. The summed E-state index contributed by atoms with van der Waals surface area (Å²) in [5.41, 5.74) is -0.246. The number of nitrogens with zero attached hydrogens (tertiary/aromatic N) is 4. The number of amidine groups is 1. The topological polar surface area (TPSA) is 62.7 Å². The number of hydrogen-bond donors (Lipinski definition) is 0. The lowest BCUT2D eigenvalue weighted by molar-refractivity contribution is 0.0963. The van der Waals surface area contributed by atoms with Gasteiger partial charge in [0.25, 0.3) is 0 Å². The predicted molar refractivity (Wildman–Crippen MR) is 104 cm³/mol.